The third-order valence-electron chi connectivity index (χ3n) is 5.43. The Labute approximate surface area is 157 Å². The lowest BCUT2D eigenvalue weighted by Gasteiger charge is -2.37. The van der Waals surface area contributed by atoms with E-state index in [1.54, 1.807) is 7.11 Å². The molecule has 2 aliphatic heterocycles. The number of carbonyl (C=O) groups is 1. The summed E-state index contributed by atoms with van der Waals surface area (Å²) >= 11 is 0. The summed E-state index contributed by atoms with van der Waals surface area (Å²) in [6.45, 7) is 4.49. The minimum Gasteiger partial charge on any atom is -0.497 e. The van der Waals surface area contributed by atoms with Crippen LogP contribution in [0.4, 0.5) is 0 Å². The standard InChI is InChI=1S/C20H30N2O2.ClH/c1-24-19-10-7-8-17(16-19)20(23)22-14-6-3-9-18(22)11-15-21-12-4-2-5-13-21;/h7-8,10,16,18H,2-6,9,11-15H2,1H3;1H. The first-order valence-corrected chi connectivity index (χ1v) is 9.45. The number of amides is 1. The largest absolute Gasteiger partial charge is 0.497 e. The van der Waals surface area contributed by atoms with Crippen molar-refractivity contribution in [2.45, 2.75) is 51.0 Å². The van der Waals surface area contributed by atoms with Crippen LogP contribution in [0.25, 0.3) is 0 Å². The van der Waals surface area contributed by atoms with Gasteiger partial charge in [-0.3, -0.25) is 4.79 Å². The van der Waals surface area contributed by atoms with Crippen molar-refractivity contribution in [1.29, 1.82) is 0 Å². The van der Waals surface area contributed by atoms with E-state index in [0.29, 0.717) is 6.04 Å². The zero-order valence-corrected chi connectivity index (χ0v) is 16.1. The van der Waals surface area contributed by atoms with Crippen molar-refractivity contribution in [3.05, 3.63) is 29.8 Å². The van der Waals surface area contributed by atoms with Crippen molar-refractivity contribution in [2.75, 3.05) is 33.3 Å². The van der Waals surface area contributed by atoms with Crippen LogP contribution in [0.2, 0.25) is 0 Å². The molecule has 25 heavy (non-hydrogen) atoms. The van der Waals surface area contributed by atoms with Crippen LogP contribution < -0.4 is 4.74 Å². The van der Waals surface area contributed by atoms with Crippen LogP contribution in [0.3, 0.4) is 0 Å². The molecule has 1 aromatic carbocycles. The second kappa shape index (κ2) is 10.0. The lowest BCUT2D eigenvalue weighted by molar-refractivity contribution is 0.0579. The van der Waals surface area contributed by atoms with Gasteiger partial charge in [0.2, 0.25) is 0 Å². The zero-order valence-electron chi connectivity index (χ0n) is 15.3. The number of hydrogen-bond donors (Lipinski definition) is 0. The number of piperidine rings is 2. The van der Waals surface area contributed by atoms with E-state index >= 15 is 0 Å². The maximum atomic E-state index is 13.0. The monoisotopic (exact) mass is 366 g/mol. The van der Waals surface area contributed by atoms with E-state index in [0.717, 1.165) is 43.7 Å². The van der Waals surface area contributed by atoms with Gasteiger partial charge in [-0.25, -0.2) is 0 Å². The molecule has 0 bridgehead atoms. The predicted octanol–water partition coefficient (Wildman–Crippen LogP) is 3.99. The van der Waals surface area contributed by atoms with Crippen molar-refractivity contribution in [3.8, 4) is 5.75 Å². The third kappa shape index (κ3) is 5.35. The maximum absolute atomic E-state index is 13.0. The summed E-state index contributed by atoms with van der Waals surface area (Å²) in [7, 11) is 1.64. The number of rotatable bonds is 5. The van der Waals surface area contributed by atoms with E-state index in [4.69, 9.17) is 4.74 Å². The molecular formula is C20H31ClN2O2. The highest BCUT2D eigenvalue weighted by Crippen LogP contribution is 2.24. The van der Waals surface area contributed by atoms with E-state index in [9.17, 15) is 4.79 Å². The lowest BCUT2D eigenvalue weighted by Crippen LogP contribution is -2.45. The maximum Gasteiger partial charge on any atom is 0.254 e. The molecule has 0 saturated carbocycles. The highest BCUT2D eigenvalue weighted by atomic mass is 35.5. The van der Waals surface area contributed by atoms with E-state index < -0.39 is 0 Å². The van der Waals surface area contributed by atoms with Gasteiger partial charge in [0, 0.05) is 24.7 Å². The molecular weight excluding hydrogens is 336 g/mol. The van der Waals surface area contributed by atoms with E-state index in [2.05, 4.69) is 9.80 Å². The van der Waals surface area contributed by atoms with Crippen molar-refractivity contribution >= 4 is 18.3 Å². The van der Waals surface area contributed by atoms with Gasteiger partial charge in [-0.1, -0.05) is 12.5 Å². The fourth-order valence-corrected chi connectivity index (χ4v) is 4.00. The molecule has 1 unspecified atom stereocenters. The Morgan fingerprint density at radius 2 is 1.88 bits per heavy atom. The van der Waals surface area contributed by atoms with Crippen LogP contribution in [-0.2, 0) is 0 Å². The summed E-state index contributed by atoms with van der Waals surface area (Å²) in [4.78, 5) is 17.7. The van der Waals surface area contributed by atoms with Gasteiger partial charge in [-0.2, -0.15) is 0 Å². The molecule has 140 valence electrons. The van der Waals surface area contributed by atoms with Gasteiger partial charge in [0.25, 0.3) is 5.91 Å². The molecule has 2 aliphatic rings. The summed E-state index contributed by atoms with van der Waals surface area (Å²) in [6, 6.07) is 7.94. The normalized spacial score (nSPS) is 21.5. The van der Waals surface area contributed by atoms with Crippen LogP contribution in [-0.4, -0.2) is 55.0 Å². The van der Waals surface area contributed by atoms with Gasteiger partial charge in [-0.05, 0) is 69.8 Å². The Bertz CT molecular complexity index is 546. The summed E-state index contributed by atoms with van der Waals surface area (Å²) in [6.07, 6.45) is 8.65. The number of hydrogen-bond acceptors (Lipinski definition) is 3. The van der Waals surface area contributed by atoms with E-state index in [1.807, 2.05) is 24.3 Å². The van der Waals surface area contributed by atoms with Crippen molar-refractivity contribution in [2.24, 2.45) is 0 Å². The van der Waals surface area contributed by atoms with Gasteiger partial charge in [0.05, 0.1) is 7.11 Å². The van der Waals surface area contributed by atoms with E-state index in [1.165, 1.54) is 38.8 Å². The first kappa shape index (κ1) is 20.1. The molecule has 2 fully saturated rings. The molecule has 0 radical (unpaired) electrons. The number of likely N-dealkylation sites (tertiary alicyclic amines) is 2. The van der Waals surface area contributed by atoms with Gasteiger partial charge >= 0.3 is 0 Å². The molecule has 0 spiro atoms. The van der Waals surface area contributed by atoms with Gasteiger partial charge in [0.15, 0.2) is 0 Å². The fourth-order valence-electron chi connectivity index (χ4n) is 4.00. The minimum absolute atomic E-state index is 0. The van der Waals surface area contributed by atoms with Gasteiger partial charge in [-0.15, -0.1) is 12.4 Å². The zero-order chi connectivity index (χ0) is 16.8. The number of benzene rings is 1. The smallest absolute Gasteiger partial charge is 0.254 e. The topological polar surface area (TPSA) is 32.8 Å². The number of nitrogens with zero attached hydrogens (tertiary/aromatic N) is 2. The average molecular weight is 367 g/mol. The number of halogens is 1. The summed E-state index contributed by atoms with van der Waals surface area (Å²) in [5, 5.41) is 0. The molecule has 0 N–H and O–H groups in total. The van der Waals surface area contributed by atoms with Crippen molar-refractivity contribution in [3.63, 3.8) is 0 Å². The first-order chi connectivity index (χ1) is 11.8. The molecule has 2 saturated heterocycles. The highest BCUT2D eigenvalue weighted by Gasteiger charge is 2.28. The van der Waals surface area contributed by atoms with Crippen LogP contribution in [0, 0.1) is 0 Å². The molecule has 3 rings (SSSR count). The SMILES string of the molecule is COc1cccc(C(=O)N2CCCCC2CCN2CCCCC2)c1.Cl. The molecule has 4 nitrogen and oxygen atoms in total. The third-order valence-corrected chi connectivity index (χ3v) is 5.43. The predicted molar refractivity (Wildman–Crippen MR) is 104 cm³/mol. The molecule has 0 aromatic heterocycles. The molecule has 1 atom stereocenters. The van der Waals surface area contributed by atoms with Crippen LogP contribution in [0.1, 0.15) is 55.3 Å². The second-order valence-electron chi connectivity index (χ2n) is 7.07. The summed E-state index contributed by atoms with van der Waals surface area (Å²) in [5.41, 5.74) is 0.749. The molecule has 1 amide bonds. The van der Waals surface area contributed by atoms with Crippen LogP contribution in [0.5, 0.6) is 5.75 Å². The Morgan fingerprint density at radius 3 is 2.64 bits per heavy atom. The quantitative estimate of drug-likeness (QED) is 0.789. The van der Waals surface area contributed by atoms with Crippen LogP contribution >= 0.6 is 12.4 Å². The molecule has 0 aliphatic carbocycles. The lowest BCUT2D eigenvalue weighted by atomic mass is 9.97. The molecule has 5 heteroatoms. The Balaban J connectivity index is 0.00000225. The van der Waals surface area contributed by atoms with Crippen molar-refractivity contribution < 1.29 is 9.53 Å². The molecule has 2 heterocycles. The Morgan fingerprint density at radius 1 is 1.12 bits per heavy atom. The Hall–Kier alpha value is -1.26. The second-order valence-corrected chi connectivity index (χ2v) is 7.07. The minimum atomic E-state index is 0. The number of carbonyl (C=O) groups excluding carboxylic acids is 1. The summed E-state index contributed by atoms with van der Waals surface area (Å²) in [5.74, 6) is 0.917. The average Bonchev–Trinajstić information content (AvgIpc) is 2.67. The summed E-state index contributed by atoms with van der Waals surface area (Å²) < 4.78 is 5.27. The molecule has 1 aromatic rings. The highest BCUT2D eigenvalue weighted by molar-refractivity contribution is 5.94. The first-order valence-electron chi connectivity index (χ1n) is 9.45. The van der Waals surface area contributed by atoms with Crippen molar-refractivity contribution in [1.82, 2.24) is 9.80 Å². The van der Waals surface area contributed by atoms with E-state index in [-0.39, 0.29) is 18.3 Å². The van der Waals surface area contributed by atoms with Gasteiger partial charge < -0.3 is 14.5 Å². The van der Waals surface area contributed by atoms with Gasteiger partial charge in [0.1, 0.15) is 5.75 Å². The Kier molecular flexibility index (Phi) is 8.04. The van der Waals surface area contributed by atoms with Crippen LogP contribution in [0.15, 0.2) is 24.3 Å². The number of methoxy groups -OCH3 is 1. The fraction of sp³-hybridized carbons (Fsp3) is 0.650. The number of ether oxygens (including phenoxy) is 1.